The molecular weight excluding hydrogens is 252 g/mol. The summed E-state index contributed by atoms with van der Waals surface area (Å²) >= 11 is 0. The number of ether oxygens (including phenoxy) is 2. The molecule has 1 atom stereocenters. The Bertz CT molecular complexity index is 401. The summed E-state index contributed by atoms with van der Waals surface area (Å²) < 4.78 is 10.6. The molecule has 1 unspecified atom stereocenters. The van der Waals surface area contributed by atoms with Crippen molar-refractivity contribution in [3.8, 4) is 11.5 Å². The molecule has 20 heavy (non-hydrogen) atoms. The van der Waals surface area contributed by atoms with Crippen molar-refractivity contribution in [1.29, 1.82) is 0 Å². The lowest BCUT2D eigenvalue weighted by Crippen LogP contribution is -2.42. The van der Waals surface area contributed by atoms with E-state index >= 15 is 0 Å². The Morgan fingerprint density at radius 3 is 2.45 bits per heavy atom. The second-order valence-corrected chi connectivity index (χ2v) is 5.48. The van der Waals surface area contributed by atoms with Gasteiger partial charge in [-0.25, -0.2) is 0 Å². The van der Waals surface area contributed by atoms with Crippen molar-refractivity contribution < 1.29 is 9.47 Å². The van der Waals surface area contributed by atoms with Crippen molar-refractivity contribution in [3.05, 3.63) is 23.8 Å². The Balaban J connectivity index is 1.86. The van der Waals surface area contributed by atoms with Crippen molar-refractivity contribution in [1.82, 2.24) is 10.2 Å². The molecule has 0 aromatic heterocycles. The minimum atomic E-state index is 0.663. The van der Waals surface area contributed by atoms with Gasteiger partial charge in [-0.05, 0) is 44.1 Å². The van der Waals surface area contributed by atoms with Gasteiger partial charge in [-0.1, -0.05) is 6.42 Å². The highest BCUT2D eigenvalue weighted by Crippen LogP contribution is 2.22. The van der Waals surface area contributed by atoms with Gasteiger partial charge in [-0.3, -0.25) is 0 Å². The number of methoxy groups -OCH3 is 2. The van der Waals surface area contributed by atoms with Crippen LogP contribution in [0.15, 0.2) is 18.2 Å². The zero-order valence-corrected chi connectivity index (χ0v) is 12.8. The van der Waals surface area contributed by atoms with Crippen molar-refractivity contribution in [3.63, 3.8) is 0 Å². The van der Waals surface area contributed by atoms with Crippen LogP contribution in [0.4, 0.5) is 0 Å². The third-order valence-electron chi connectivity index (χ3n) is 4.04. The largest absolute Gasteiger partial charge is 0.497 e. The van der Waals surface area contributed by atoms with Gasteiger partial charge in [0, 0.05) is 25.2 Å². The first kappa shape index (κ1) is 15.1. The second kappa shape index (κ2) is 7.50. The molecular formula is C16H26N2O2. The molecule has 0 radical (unpaired) electrons. The third-order valence-corrected chi connectivity index (χ3v) is 4.04. The summed E-state index contributed by atoms with van der Waals surface area (Å²) in [6.45, 7) is 3.10. The smallest absolute Gasteiger partial charge is 0.122 e. The molecule has 1 saturated heterocycles. The van der Waals surface area contributed by atoms with Crippen LogP contribution < -0.4 is 14.8 Å². The molecule has 1 aliphatic heterocycles. The fourth-order valence-electron chi connectivity index (χ4n) is 2.75. The van der Waals surface area contributed by atoms with Crippen molar-refractivity contribution in [2.24, 2.45) is 0 Å². The first-order valence-electron chi connectivity index (χ1n) is 7.36. The molecule has 0 spiro atoms. The lowest BCUT2D eigenvalue weighted by Gasteiger charge is -2.32. The molecule has 2 rings (SSSR count). The molecule has 0 bridgehead atoms. The van der Waals surface area contributed by atoms with Crippen LogP contribution in [0.25, 0.3) is 0 Å². The highest BCUT2D eigenvalue weighted by molar-refractivity contribution is 5.38. The Morgan fingerprint density at radius 1 is 1.15 bits per heavy atom. The Labute approximate surface area is 122 Å². The van der Waals surface area contributed by atoms with Gasteiger partial charge in [-0.15, -0.1) is 0 Å². The van der Waals surface area contributed by atoms with Crippen LogP contribution in [0.1, 0.15) is 24.8 Å². The maximum Gasteiger partial charge on any atom is 0.122 e. The van der Waals surface area contributed by atoms with E-state index < -0.39 is 0 Å². The fraction of sp³-hybridized carbons (Fsp3) is 0.625. The van der Waals surface area contributed by atoms with E-state index in [0.29, 0.717) is 6.04 Å². The topological polar surface area (TPSA) is 33.7 Å². The van der Waals surface area contributed by atoms with Crippen LogP contribution in [0, 0.1) is 0 Å². The van der Waals surface area contributed by atoms with E-state index in [4.69, 9.17) is 9.47 Å². The number of hydrogen-bond acceptors (Lipinski definition) is 4. The molecule has 1 heterocycles. The molecule has 1 aromatic carbocycles. The minimum Gasteiger partial charge on any atom is -0.497 e. The van der Waals surface area contributed by atoms with E-state index in [0.717, 1.165) is 24.6 Å². The van der Waals surface area contributed by atoms with E-state index in [9.17, 15) is 0 Å². The number of likely N-dealkylation sites (tertiary alicyclic amines) is 1. The first-order chi connectivity index (χ1) is 9.72. The quantitative estimate of drug-likeness (QED) is 0.865. The normalized spacial score (nSPS) is 19.9. The summed E-state index contributed by atoms with van der Waals surface area (Å²) in [6, 6.07) is 6.68. The van der Waals surface area contributed by atoms with Gasteiger partial charge in [-0.2, -0.15) is 0 Å². The van der Waals surface area contributed by atoms with Crippen molar-refractivity contribution >= 4 is 0 Å². The highest BCUT2D eigenvalue weighted by Gasteiger charge is 2.17. The zero-order valence-electron chi connectivity index (χ0n) is 12.8. The van der Waals surface area contributed by atoms with Crippen LogP contribution in [0.3, 0.4) is 0 Å². The molecule has 0 saturated carbocycles. The number of hydrogen-bond donors (Lipinski definition) is 1. The molecule has 112 valence electrons. The molecule has 1 aromatic rings. The predicted octanol–water partition coefficient (Wildman–Crippen LogP) is 2.28. The van der Waals surface area contributed by atoms with Crippen LogP contribution in [0.2, 0.25) is 0 Å². The average Bonchev–Trinajstić information content (AvgIpc) is 2.48. The van der Waals surface area contributed by atoms with Crippen LogP contribution in [-0.2, 0) is 6.54 Å². The summed E-state index contributed by atoms with van der Waals surface area (Å²) in [7, 11) is 5.59. The Hall–Kier alpha value is -1.26. The molecule has 0 aliphatic carbocycles. The fourth-order valence-corrected chi connectivity index (χ4v) is 2.75. The Morgan fingerprint density at radius 2 is 1.85 bits per heavy atom. The van der Waals surface area contributed by atoms with Gasteiger partial charge in [0.15, 0.2) is 0 Å². The molecule has 1 N–H and O–H groups in total. The summed E-state index contributed by atoms with van der Waals surface area (Å²) in [5, 5.41) is 3.55. The summed E-state index contributed by atoms with van der Waals surface area (Å²) in [6.07, 6.45) is 3.98. The monoisotopic (exact) mass is 278 g/mol. The molecule has 0 amide bonds. The van der Waals surface area contributed by atoms with Crippen LogP contribution >= 0.6 is 0 Å². The van der Waals surface area contributed by atoms with Gasteiger partial charge in [0.1, 0.15) is 11.5 Å². The van der Waals surface area contributed by atoms with E-state index in [1.54, 1.807) is 14.2 Å². The van der Waals surface area contributed by atoms with Gasteiger partial charge in [0.05, 0.1) is 14.2 Å². The summed E-state index contributed by atoms with van der Waals surface area (Å²) in [4.78, 5) is 2.46. The van der Waals surface area contributed by atoms with Gasteiger partial charge >= 0.3 is 0 Å². The average molecular weight is 278 g/mol. The standard InChI is InChI=1S/C16H26N2O2/c1-18-7-5-4-6-14(18)12-17-11-13-8-15(19-2)10-16(9-13)20-3/h8-10,14,17H,4-7,11-12H2,1-3H3. The number of likely N-dealkylation sites (N-methyl/N-ethyl adjacent to an activating group) is 1. The zero-order chi connectivity index (χ0) is 14.4. The van der Waals surface area contributed by atoms with E-state index in [1.807, 2.05) is 6.07 Å². The van der Waals surface area contributed by atoms with Gasteiger partial charge in [0.25, 0.3) is 0 Å². The number of nitrogens with zero attached hydrogens (tertiary/aromatic N) is 1. The van der Waals surface area contributed by atoms with E-state index in [2.05, 4.69) is 29.4 Å². The third kappa shape index (κ3) is 4.12. The lowest BCUT2D eigenvalue weighted by molar-refractivity contribution is 0.181. The number of nitrogens with one attached hydrogen (secondary N) is 1. The number of rotatable bonds is 6. The predicted molar refractivity (Wildman–Crippen MR) is 81.5 cm³/mol. The minimum absolute atomic E-state index is 0.663. The molecule has 1 fully saturated rings. The van der Waals surface area contributed by atoms with Gasteiger partial charge < -0.3 is 19.7 Å². The van der Waals surface area contributed by atoms with Crippen LogP contribution in [-0.4, -0.2) is 45.3 Å². The Kier molecular flexibility index (Phi) is 5.68. The molecule has 1 aliphatic rings. The lowest BCUT2D eigenvalue weighted by atomic mass is 10.0. The van der Waals surface area contributed by atoms with Crippen LogP contribution in [0.5, 0.6) is 11.5 Å². The summed E-state index contributed by atoms with van der Waals surface area (Å²) in [5.41, 5.74) is 1.19. The number of piperidine rings is 1. The maximum atomic E-state index is 5.29. The van der Waals surface area contributed by atoms with Crippen molar-refractivity contribution in [2.45, 2.75) is 31.8 Å². The van der Waals surface area contributed by atoms with E-state index in [1.165, 1.54) is 31.4 Å². The highest BCUT2D eigenvalue weighted by atomic mass is 16.5. The van der Waals surface area contributed by atoms with Crippen molar-refractivity contribution in [2.75, 3.05) is 34.4 Å². The number of benzene rings is 1. The molecule has 4 nitrogen and oxygen atoms in total. The molecule has 4 heteroatoms. The maximum absolute atomic E-state index is 5.29. The van der Waals surface area contributed by atoms with E-state index in [-0.39, 0.29) is 0 Å². The SMILES string of the molecule is COc1cc(CNCC2CCCCN2C)cc(OC)c1. The second-order valence-electron chi connectivity index (χ2n) is 5.48. The first-order valence-corrected chi connectivity index (χ1v) is 7.36. The van der Waals surface area contributed by atoms with Gasteiger partial charge in [0.2, 0.25) is 0 Å². The summed E-state index contributed by atoms with van der Waals surface area (Å²) in [5.74, 6) is 1.69.